The molecule has 5 nitrogen and oxygen atoms in total. The van der Waals surface area contributed by atoms with Gasteiger partial charge in [-0.3, -0.25) is 0 Å². The molecule has 0 saturated heterocycles. The number of unbranched alkanes of at least 4 members (excludes halogenated alkanes) is 3. The number of carbonyl (C=O) groups excluding carboxylic acids is 1. The Balaban J connectivity index is 1.91. The van der Waals surface area contributed by atoms with Crippen molar-refractivity contribution in [2.75, 3.05) is 12.4 Å². The third kappa shape index (κ3) is 7.69. The molecule has 1 rings (SSSR count). The number of nitrogens with zero attached hydrogens (tertiary/aromatic N) is 1. The smallest absolute Gasteiger partial charge is 0.330 e. The number of hydrogen-bond acceptors (Lipinski definition) is 6. The lowest BCUT2D eigenvalue weighted by atomic mass is 10.2. The molecular formula is C13H20N2O3S. The minimum Gasteiger partial charge on any atom is -0.463 e. The van der Waals surface area contributed by atoms with Crippen LogP contribution in [0.1, 0.15) is 25.7 Å². The Labute approximate surface area is 117 Å². The topological polar surface area (TPSA) is 70.9 Å². The van der Waals surface area contributed by atoms with Gasteiger partial charge in [0.25, 0.3) is 0 Å². The molecule has 106 valence electrons. The van der Waals surface area contributed by atoms with Gasteiger partial charge in [-0.25, -0.2) is 9.79 Å². The molecule has 0 saturated carbocycles. The summed E-state index contributed by atoms with van der Waals surface area (Å²) in [7, 11) is 0. The van der Waals surface area contributed by atoms with E-state index in [4.69, 9.17) is 4.74 Å². The molecule has 1 aliphatic rings. The van der Waals surface area contributed by atoms with Crippen molar-refractivity contribution in [1.82, 2.24) is 5.32 Å². The number of nitrogens with one attached hydrogen (secondary N) is 1. The Morgan fingerprint density at radius 1 is 1.53 bits per heavy atom. The van der Waals surface area contributed by atoms with Crippen LogP contribution in [0.5, 0.6) is 0 Å². The van der Waals surface area contributed by atoms with Gasteiger partial charge in [0.05, 0.1) is 6.61 Å². The molecule has 0 bridgehead atoms. The summed E-state index contributed by atoms with van der Waals surface area (Å²) in [5.41, 5.74) is 0. The van der Waals surface area contributed by atoms with Crippen molar-refractivity contribution in [2.45, 2.75) is 31.9 Å². The van der Waals surface area contributed by atoms with Crippen molar-refractivity contribution in [2.24, 2.45) is 4.99 Å². The van der Waals surface area contributed by atoms with E-state index in [0.717, 1.165) is 36.6 Å². The number of carbonyl (C=O) groups is 1. The Morgan fingerprint density at radius 2 is 2.32 bits per heavy atom. The molecule has 0 amide bonds. The van der Waals surface area contributed by atoms with Crippen LogP contribution in [0.2, 0.25) is 0 Å². The lowest BCUT2D eigenvalue weighted by molar-refractivity contribution is -0.137. The van der Waals surface area contributed by atoms with E-state index in [2.05, 4.69) is 16.9 Å². The molecule has 0 fully saturated rings. The zero-order valence-corrected chi connectivity index (χ0v) is 11.7. The standard InChI is InChI=1S/C13H20N2O3S/c1-2-12(17)18-9-5-3-4-6-10-19-13-14-8-7-11(16)15-13/h2,7-8,11,16H,1,3-6,9-10H2,(H,14,15). The summed E-state index contributed by atoms with van der Waals surface area (Å²) in [5, 5.41) is 13.0. The van der Waals surface area contributed by atoms with Gasteiger partial charge in [-0.05, 0) is 18.9 Å². The van der Waals surface area contributed by atoms with E-state index < -0.39 is 6.23 Å². The van der Waals surface area contributed by atoms with Gasteiger partial charge in [0.1, 0.15) is 0 Å². The van der Waals surface area contributed by atoms with Gasteiger partial charge in [-0.2, -0.15) is 0 Å². The summed E-state index contributed by atoms with van der Waals surface area (Å²) in [6, 6.07) is 0. The first kappa shape index (κ1) is 15.8. The Bertz CT molecular complexity index is 356. The Hall–Kier alpha value is -1.27. The maximum absolute atomic E-state index is 10.8. The van der Waals surface area contributed by atoms with Gasteiger partial charge in [-0.15, -0.1) is 0 Å². The number of rotatable bonds is 8. The van der Waals surface area contributed by atoms with Crippen molar-refractivity contribution < 1.29 is 14.6 Å². The molecule has 2 N–H and O–H groups in total. The largest absolute Gasteiger partial charge is 0.463 e. The van der Waals surface area contributed by atoms with Crippen LogP contribution in [0.4, 0.5) is 0 Å². The number of ether oxygens (including phenoxy) is 1. The second-order valence-corrected chi connectivity index (χ2v) is 5.07. The summed E-state index contributed by atoms with van der Waals surface area (Å²) in [4.78, 5) is 14.8. The lowest BCUT2D eigenvalue weighted by Gasteiger charge is -2.12. The zero-order valence-electron chi connectivity index (χ0n) is 10.9. The molecule has 0 aromatic carbocycles. The Morgan fingerprint density at radius 3 is 3.05 bits per heavy atom. The lowest BCUT2D eigenvalue weighted by Crippen LogP contribution is -2.21. The summed E-state index contributed by atoms with van der Waals surface area (Å²) in [5.74, 6) is 0.599. The predicted octanol–water partition coefficient (Wildman–Crippen LogP) is 1.80. The second-order valence-electron chi connectivity index (χ2n) is 3.99. The van der Waals surface area contributed by atoms with Crippen LogP contribution >= 0.6 is 11.8 Å². The number of amidine groups is 1. The molecule has 0 aromatic heterocycles. The maximum atomic E-state index is 10.8. The van der Waals surface area contributed by atoms with Gasteiger partial charge >= 0.3 is 5.97 Å². The fourth-order valence-electron chi connectivity index (χ4n) is 1.44. The third-order valence-corrected chi connectivity index (χ3v) is 3.40. The molecule has 0 radical (unpaired) electrons. The molecule has 0 aliphatic carbocycles. The first-order chi connectivity index (χ1) is 9.22. The SMILES string of the molecule is C=CC(=O)OCCCCCCSC1=NC(O)C=CN1. The van der Waals surface area contributed by atoms with Gasteiger partial charge in [0.2, 0.25) is 0 Å². The van der Waals surface area contributed by atoms with Crippen molar-refractivity contribution in [3.8, 4) is 0 Å². The number of esters is 1. The van der Waals surface area contributed by atoms with E-state index in [1.165, 1.54) is 6.08 Å². The highest BCUT2D eigenvalue weighted by molar-refractivity contribution is 8.13. The van der Waals surface area contributed by atoms with Crippen LogP contribution in [0, 0.1) is 0 Å². The summed E-state index contributed by atoms with van der Waals surface area (Å²) in [6.45, 7) is 3.79. The summed E-state index contributed by atoms with van der Waals surface area (Å²) >= 11 is 1.60. The maximum Gasteiger partial charge on any atom is 0.330 e. The van der Waals surface area contributed by atoms with Crippen molar-refractivity contribution in [3.63, 3.8) is 0 Å². The van der Waals surface area contributed by atoms with E-state index in [1.807, 2.05) is 0 Å². The van der Waals surface area contributed by atoms with Gasteiger partial charge in [-0.1, -0.05) is 31.2 Å². The van der Waals surface area contributed by atoms with Crippen molar-refractivity contribution in [1.29, 1.82) is 0 Å². The average molecular weight is 284 g/mol. The van der Waals surface area contributed by atoms with Crippen LogP contribution in [-0.4, -0.2) is 34.8 Å². The monoisotopic (exact) mass is 284 g/mol. The first-order valence-electron chi connectivity index (χ1n) is 6.33. The molecule has 1 aliphatic heterocycles. The Kier molecular flexibility index (Phi) is 8.00. The number of aliphatic hydroxyl groups excluding tert-OH is 1. The van der Waals surface area contributed by atoms with Crippen LogP contribution < -0.4 is 5.32 Å². The van der Waals surface area contributed by atoms with Crippen LogP contribution in [0.15, 0.2) is 29.9 Å². The van der Waals surface area contributed by atoms with Crippen LogP contribution in [0.25, 0.3) is 0 Å². The van der Waals surface area contributed by atoms with Gasteiger partial charge < -0.3 is 15.2 Å². The number of thioether (sulfide) groups is 1. The minimum atomic E-state index is -0.719. The molecule has 19 heavy (non-hydrogen) atoms. The first-order valence-corrected chi connectivity index (χ1v) is 7.32. The van der Waals surface area contributed by atoms with E-state index in [-0.39, 0.29) is 5.97 Å². The van der Waals surface area contributed by atoms with Crippen molar-refractivity contribution >= 4 is 22.9 Å². The summed E-state index contributed by atoms with van der Waals surface area (Å²) in [6.07, 6.45) is 7.83. The number of hydrogen-bond donors (Lipinski definition) is 2. The molecule has 0 spiro atoms. The quantitative estimate of drug-likeness (QED) is 0.404. The molecular weight excluding hydrogens is 264 g/mol. The third-order valence-electron chi connectivity index (χ3n) is 2.41. The van der Waals surface area contributed by atoms with E-state index in [0.29, 0.717) is 6.61 Å². The van der Waals surface area contributed by atoms with E-state index in [1.54, 1.807) is 24.0 Å². The zero-order chi connectivity index (χ0) is 13.9. The predicted molar refractivity (Wildman–Crippen MR) is 77.8 cm³/mol. The second kappa shape index (κ2) is 9.63. The highest BCUT2D eigenvalue weighted by Gasteiger charge is 2.05. The average Bonchev–Trinajstić information content (AvgIpc) is 2.41. The highest BCUT2D eigenvalue weighted by atomic mass is 32.2. The normalized spacial score (nSPS) is 17.5. The minimum absolute atomic E-state index is 0.358. The molecule has 0 aromatic rings. The summed E-state index contributed by atoms with van der Waals surface area (Å²) < 4.78 is 4.88. The van der Waals surface area contributed by atoms with E-state index >= 15 is 0 Å². The number of aliphatic hydroxyl groups is 1. The molecule has 1 atom stereocenters. The fourth-order valence-corrected chi connectivity index (χ4v) is 2.32. The van der Waals surface area contributed by atoms with Crippen LogP contribution in [0.3, 0.4) is 0 Å². The van der Waals surface area contributed by atoms with Gasteiger partial charge in [0, 0.05) is 18.0 Å². The molecule has 1 heterocycles. The molecule has 6 heteroatoms. The van der Waals surface area contributed by atoms with Gasteiger partial charge in [0.15, 0.2) is 11.4 Å². The molecule has 1 unspecified atom stereocenters. The van der Waals surface area contributed by atoms with Crippen LogP contribution in [-0.2, 0) is 9.53 Å². The highest BCUT2D eigenvalue weighted by Crippen LogP contribution is 2.11. The number of aliphatic imine (C=N–C) groups is 1. The van der Waals surface area contributed by atoms with Crippen molar-refractivity contribution in [3.05, 3.63) is 24.9 Å². The fraction of sp³-hybridized carbons (Fsp3) is 0.538. The van der Waals surface area contributed by atoms with E-state index in [9.17, 15) is 9.90 Å².